The minimum absolute atomic E-state index is 0.0371. The summed E-state index contributed by atoms with van der Waals surface area (Å²) in [6.45, 7) is 12.5. The van der Waals surface area contributed by atoms with Crippen molar-refractivity contribution in [2.24, 2.45) is 29.6 Å². The van der Waals surface area contributed by atoms with Gasteiger partial charge >= 0.3 is 5.97 Å². The lowest BCUT2D eigenvalue weighted by molar-refractivity contribution is -0.302. The zero-order valence-electron chi connectivity index (χ0n) is 35.7. The van der Waals surface area contributed by atoms with E-state index in [-0.39, 0.29) is 56.5 Å². The normalized spacial score (nSPS) is 40.9. The summed E-state index contributed by atoms with van der Waals surface area (Å²) in [6, 6.07) is -1.17. The minimum Gasteiger partial charge on any atom is -0.456 e. The van der Waals surface area contributed by atoms with Crippen molar-refractivity contribution in [2.75, 3.05) is 27.9 Å². The Kier molecular flexibility index (Phi) is 17.4. The Bertz CT molecular complexity index is 1510. The van der Waals surface area contributed by atoms with E-state index in [2.05, 4.69) is 6.58 Å². The molecular weight excluding hydrogens is 750 g/mol. The van der Waals surface area contributed by atoms with Crippen molar-refractivity contribution in [2.45, 2.75) is 159 Å². The fourth-order valence-electron chi connectivity index (χ4n) is 9.34. The molecule has 3 heterocycles. The first kappa shape index (κ1) is 47.9. The molecule has 14 heteroatoms. The van der Waals surface area contributed by atoms with Crippen LogP contribution in [0.3, 0.4) is 0 Å². The van der Waals surface area contributed by atoms with Gasteiger partial charge in [-0.15, -0.1) is 6.58 Å². The molecule has 0 spiro atoms. The summed E-state index contributed by atoms with van der Waals surface area (Å²) in [5, 5.41) is 45.7. The molecule has 0 aromatic carbocycles. The van der Waals surface area contributed by atoms with Crippen LogP contribution >= 0.6 is 0 Å². The second-order valence-electron chi connectivity index (χ2n) is 17.3. The van der Waals surface area contributed by atoms with Gasteiger partial charge in [0, 0.05) is 52.0 Å². The predicted molar refractivity (Wildman–Crippen MR) is 214 cm³/mol. The maximum Gasteiger partial charge on any atom is 0.329 e. The van der Waals surface area contributed by atoms with Crippen LogP contribution in [0.5, 0.6) is 0 Å². The van der Waals surface area contributed by atoms with E-state index in [4.69, 9.17) is 23.7 Å². The second-order valence-corrected chi connectivity index (χ2v) is 17.3. The van der Waals surface area contributed by atoms with E-state index >= 15 is 0 Å². The van der Waals surface area contributed by atoms with Gasteiger partial charge in [-0.3, -0.25) is 14.4 Å². The van der Waals surface area contributed by atoms with E-state index in [0.717, 1.165) is 4.90 Å². The monoisotopic (exact) mass is 819 g/mol. The maximum atomic E-state index is 14.3. The Morgan fingerprint density at radius 2 is 1.59 bits per heavy atom. The number of cyclic esters (lactones) is 1. The number of Topliss-reactive ketones (excluding diaryl/α,β-unsaturated/α-hetero) is 2. The number of esters is 1. The summed E-state index contributed by atoms with van der Waals surface area (Å²) in [5.74, 6) is -8.85. The number of allylic oxidation sites excluding steroid dienone is 3. The number of amides is 1. The van der Waals surface area contributed by atoms with Crippen LogP contribution in [-0.2, 0) is 42.9 Å². The molecule has 3 fully saturated rings. The summed E-state index contributed by atoms with van der Waals surface area (Å²) in [4.78, 5) is 57.8. The number of piperidine rings is 1. The van der Waals surface area contributed by atoms with Gasteiger partial charge in [0.15, 0.2) is 0 Å². The Morgan fingerprint density at radius 1 is 0.931 bits per heavy atom. The van der Waals surface area contributed by atoms with Crippen LogP contribution in [0, 0.1) is 29.6 Å². The number of fused-ring (bicyclic) bond motifs is 3. The largest absolute Gasteiger partial charge is 0.456 e. The van der Waals surface area contributed by atoms with Gasteiger partial charge in [-0.2, -0.15) is 0 Å². The lowest BCUT2D eigenvalue weighted by Gasteiger charge is -2.47. The maximum absolute atomic E-state index is 14.3. The highest BCUT2D eigenvalue weighted by Crippen LogP contribution is 2.39. The third-order valence-electron chi connectivity index (χ3n) is 13.2. The molecule has 4 aliphatic rings. The number of nitrogens with zero attached hydrogens (tertiary/aromatic N) is 1. The summed E-state index contributed by atoms with van der Waals surface area (Å²) in [6.07, 6.45) is 1.75. The number of aliphatic hydroxyl groups excluding tert-OH is 3. The average molecular weight is 820 g/mol. The molecule has 15 unspecified atom stereocenters. The average Bonchev–Trinajstić information content (AvgIpc) is 3.21. The Balaban J connectivity index is 1.80. The van der Waals surface area contributed by atoms with Crippen LogP contribution in [0.2, 0.25) is 0 Å². The van der Waals surface area contributed by atoms with Crippen molar-refractivity contribution in [1.82, 2.24) is 4.90 Å². The van der Waals surface area contributed by atoms with E-state index in [1.165, 1.54) is 14.2 Å². The summed E-state index contributed by atoms with van der Waals surface area (Å²) in [5.41, 5.74) is 1.14. The lowest BCUT2D eigenvalue weighted by atomic mass is 9.81. The van der Waals surface area contributed by atoms with Crippen molar-refractivity contribution < 1.29 is 63.3 Å². The zero-order chi connectivity index (χ0) is 43.1. The van der Waals surface area contributed by atoms with E-state index in [0.29, 0.717) is 43.3 Å². The quantitative estimate of drug-likeness (QED) is 0.165. The fraction of sp³-hybridized carbons (Fsp3) is 0.773. The summed E-state index contributed by atoms with van der Waals surface area (Å²) in [7, 11) is 4.47. The summed E-state index contributed by atoms with van der Waals surface area (Å²) >= 11 is 0. The number of hydrogen-bond acceptors (Lipinski definition) is 13. The predicted octanol–water partition coefficient (Wildman–Crippen LogP) is 3.61. The molecule has 328 valence electrons. The Morgan fingerprint density at radius 3 is 2.22 bits per heavy atom. The SMILES string of the molecule is C=CCC1C=C(C)C(O)C(C)CC(OC)C2OC(O)(C(=O)C(=O)N3CCCCC3C(=O)OC(C(C)=CC3CCC(O)C(OC)C3)C(C)C(O)CC1=O)C(C)CC2OC. The van der Waals surface area contributed by atoms with Crippen molar-refractivity contribution in [3.05, 3.63) is 36.0 Å². The third-order valence-corrected chi connectivity index (χ3v) is 13.2. The molecule has 15 atom stereocenters. The number of ether oxygens (including phenoxy) is 5. The molecule has 3 aliphatic heterocycles. The van der Waals surface area contributed by atoms with Crippen LogP contribution in [0.15, 0.2) is 36.0 Å². The van der Waals surface area contributed by atoms with E-state index in [1.807, 2.05) is 13.0 Å². The number of carbonyl (C=O) groups excluding carboxylic acids is 4. The molecule has 0 radical (unpaired) electrons. The number of aliphatic hydroxyl groups is 4. The van der Waals surface area contributed by atoms with Crippen molar-refractivity contribution in [3.63, 3.8) is 0 Å². The van der Waals surface area contributed by atoms with E-state index in [9.17, 15) is 39.6 Å². The van der Waals surface area contributed by atoms with Gasteiger partial charge in [-0.1, -0.05) is 39.0 Å². The van der Waals surface area contributed by atoms with Crippen molar-refractivity contribution in [3.8, 4) is 0 Å². The molecule has 58 heavy (non-hydrogen) atoms. The number of methoxy groups -OCH3 is 3. The summed E-state index contributed by atoms with van der Waals surface area (Å²) < 4.78 is 29.6. The van der Waals surface area contributed by atoms with E-state index in [1.54, 1.807) is 47.0 Å². The zero-order valence-corrected chi connectivity index (χ0v) is 35.7. The van der Waals surface area contributed by atoms with Gasteiger partial charge < -0.3 is 49.0 Å². The number of rotatable bonds is 7. The smallest absolute Gasteiger partial charge is 0.329 e. The van der Waals surface area contributed by atoms with Crippen LogP contribution in [0.4, 0.5) is 0 Å². The molecule has 2 saturated heterocycles. The van der Waals surface area contributed by atoms with Gasteiger partial charge in [-0.05, 0) is 94.6 Å². The highest BCUT2D eigenvalue weighted by Gasteiger charge is 2.56. The highest BCUT2D eigenvalue weighted by atomic mass is 16.7. The highest BCUT2D eigenvalue weighted by molar-refractivity contribution is 6.39. The molecule has 2 bridgehead atoms. The van der Waals surface area contributed by atoms with Crippen LogP contribution in [0.1, 0.15) is 98.8 Å². The molecule has 4 rings (SSSR count). The minimum atomic E-state index is -2.58. The molecule has 1 amide bonds. The van der Waals surface area contributed by atoms with Gasteiger partial charge in [0.2, 0.25) is 5.79 Å². The van der Waals surface area contributed by atoms with Gasteiger partial charge in [-0.25, -0.2) is 4.79 Å². The molecule has 0 aromatic rings. The molecule has 14 nitrogen and oxygen atoms in total. The van der Waals surface area contributed by atoms with Crippen LogP contribution in [0.25, 0.3) is 0 Å². The van der Waals surface area contributed by atoms with Crippen molar-refractivity contribution >= 4 is 23.4 Å². The topological polar surface area (TPSA) is 199 Å². The second kappa shape index (κ2) is 21.1. The molecule has 1 aliphatic carbocycles. The number of ketones is 2. The van der Waals surface area contributed by atoms with E-state index < -0.39 is 95.9 Å². The van der Waals surface area contributed by atoms with Gasteiger partial charge in [0.25, 0.3) is 11.7 Å². The van der Waals surface area contributed by atoms with Gasteiger partial charge in [0.05, 0.1) is 36.6 Å². The third kappa shape index (κ3) is 10.9. The Hall–Kier alpha value is -2.82. The fourth-order valence-corrected chi connectivity index (χ4v) is 9.34. The molecule has 1 saturated carbocycles. The number of carbonyl (C=O) groups is 4. The Labute approximate surface area is 343 Å². The number of hydrogen-bond donors (Lipinski definition) is 4. The lowest BCUT2D eigenvalue weighted by Crippen LogP contribution is -2.64. The first-order valence-electron chi connectivity index (χ1n) is 21.0. The van der Waals surface area contributed by atoms with Crippen LogP contribution < -0.4 is 0 Å². The molecule has 0 aromatic heterocycles. The molecule has 4 N–H and O–H groups in total. The molecular formula is C44H69NO13. The van der Waals surface area contributed by atoms with Crippen LogP contribution in [-0.4, -0.2) is 137 Å². The van der Waals surface area contributed by atoms with Gasteiger partial charge in [0.1, 0.15) is 24.0 Å². The standard InChI is InChI=1S/C44H69NO13/c1-10-13-30-19-24(2)38(49)25(3)20-36(55-8)40-37(56-9)21-27(5)44(53,58-40)41(50)42(51)45-17-12-11-14-31(45)43(52)57-39(28(6)33(47)23-34(30)48)26(4)18-29-15-16-32(46)35(22-29)54-7/h10,18-19,25,27-33,35-40,46-47,49,53H,1,11-17,20-23H2,2-9H3. The van der Waals surface area contributed by atoms with Crippen molar-refractivity contribution in [1.29, 1.82) is 0 Å². The first-order chi connectivity index (χ1) is 27.4. The first-order valence-corrected chi connectivity index (χ1v) is 21.0.